The van der Waals surface area contributed by atoms with Crippen LogP contribution in [0.4, 0.5) is 0 Å². The minimum Gasteiger partial charge on any atom is -0.508 e. The number of methoxy groups -OCH3 is 5. The molecule has 0 radical (unpaired) electrons. The van der Waals surface area contributed by atoms with E-state index in [-0.39, 0.29) is 56.0 Å². The number of phenols is 6. The van der Waals surface area contributed by atoms with Crippen molar-refractivity contribution in [1.82, 2.24) is 0 Å². The molecule has 2 aliphatic rings. The first kappa shape index (κ1) is 97.1. The van der Waals surface area contributed by atoms with E-state index < -0.39 is 0 Å². The van der Waals surface area contributed by atoms with Gasteiger partial charge in [0.05, 0.1) is 16.2 Å². The zero-order valence-corrected chi connectivity index (χ0v) is 75.6. The molecule has 0 saturated heterocycles. The summed E-state index contributed by atoms with van der Waals surface area (Å²) < 4.78 is 48.2. The number of benzene rings is 13. The van der Waals surface area contributed by atoms with E-state index in [4.69, 9.17) is 52.8 Å². The van der Waals surface area contributed by atoms with Crippen molar-refractivity contribution in [2.75, 3.05) is 62.7 Å². The van der Waals surface area contributed by atoms with Gasteiger partial charge in [0.15, 0.2) is 27.2 Å². The molecule has 13 aromatic rings. The van der Waals surface area contributed by atoms with Gasteiger partial charge in [-0.05, 0) is 228 Å². The van der Waals surface area contributed by atoms with Crippen molar-refractivity contribution in [3.8, 4) is 96.6 Å². The predicted octanol–water partition coefficient (Wildman–Crippen LogP) is 25.8. The number of rotatable bonds is 23. The van der Waals surface area contributed by atoms with Crippen LogP contribution in [0.15, 0.2) is 303 Å². The summed E-state index contributed by atoms with van der Waals surface area (Å²) in [6, 6.07) is 96.9. The molecule has 2 aliphatic carbocycles. The van der Waals surface area contributed by atoms with Gasteiger partial charge in [0.2, 0.25) is 0 Å². The predicted molar refractivity (Wildman–Crippen MR) is 510 cm³/mol. The Labute approximate surface area is 743 Å². The molecule has 6 N–H and O–H groups in total. The topological polar surface area (TPSA) is 204 Å². The summed E-state index contributed by atoms with van der Waals surface area (Å²) in [5.41, 5.74) is 18.5. The summed E-state index contributed by atoms with van der Waals surface area (Å²) in [5, 5.41) is 57.3. The van der Waals surface area contributed by atoms with Gasteiger partial charge in [-0.15, -0.1) is 0 Å². The fourth-order valence-electron chi connectivity index (χ4n) is 14.4. The summed E-state index contributed by atoms with van der Waals surface area (Å²) in [7, 11) is 8.16. The van der Waals surface area contributed by atoms with E-state index in [1.807, 2.05) is 160 Å². The molecule has 2 fully saturated rings. The molecular weight excluding hydrogens is 1670 g/mol. The molecule has 123 heavy (non-hydrogen) atoms. The Bertz CT molecular complexity index is 5100. The molecule has 646 valence electrons. The number of ether oxygens (including phenoxy) is 9. The van der Waals surface area contributed by atoms with Crippen molar-refractivity contribution in [1.29, 1.82) is 0 Å². The minimum atomic E-state index is -0.122. The lowest BCUT2D eigenvalue weighted by molar-refractivity contribution is 0.0503. The van der Waals surface area contributed by atoms with Crippen molar-refractivity contribution < 1.29 is 73.3 Å². The lowest BCUT2D eigenvalue weighted by Gasteiger charge is -2.39. The second-order valence-corrected chi connectivity index (χ2v) is 33.4. The summed E-state index contributed by atoms with van der Waals surface area (Å²) in [6.07, 6.45) is 15.8. The third-order valence-electron chi connectivity index (χ3n) is 20.5. The fourth-order valence-corrected chi connectivity index (χ4v) is 18.9. The number of hydrogen-bond acceptors (Lipinski definition) is 15. The molecule has 0 spiro atoms. The molecule has 0 aliphatic heterocycles. The molecule has 2 saturated carbocycles. The Hall–Kier alpha value is -11.3. The van der Waals surface area contributed by atoms with Crippen LogP contribution in [-0.2, 0) is 31.8 Å². The van der Waals surface area contributed by atoms with Crippen molar-refractivity contribution in [3.05, 3.63) is 357 Å². The lowest BCUT2D eigenvalue weighted by Crippen LogP contribution is -2.27. The highest BCUT2D eigenvalue weighted by Gasteiger charge is 2.34. The lowest BCUT2D eigenvalue weighted by atomic mass is 9.99. The zero-order chi connectivity index (χ0) is 87.9. The quantitative estimate of drug-likeness (QED) is 0.0200. The number of hydrogen-bond donors (Lipinski definition) is 6. The molecule has 0 unspecified atom stereocenters. The Morgan fingerprint density at radius 1 is 0.317 bits per heavy atom. The van der Waals surface area contributed by atoms with E-state index in [1.165, 1.54) is 132 Å². The number of phenolic OH excluding ortho intramolecular Hbond substituents is 6. The first-order chi connectivity index (χ1) is 59.9. The van der Waals surface area contributed by atoms with Crippen LogP contribution in [0.1, 0.15) is 114 Å². The van der Waals surface area contributed by atoms with Crippen molar-refractivity contribution >= 4 is 35.8 Å². The van der Waals surface area contributed by atoms with Gasteiger partial charge in [0.1, 0.15) is 63.2 Å². The Morgan fingerprint density at radius 3 is 1.20 bits per heavy atom. The Morgan fingerprint density at radius 2 is 0.707 bits per heavy atom. The van der Waals surface area contributed by atoms with Crippen molar-refractivity contribution in [2.24, 2.45) is 0 Å². The van der Waals surface area contributed by atoms with Crippen molar-refractivity contribution in [3.63, 3.8) is 0 Å². The van der Waals surface area contributed by atoms with Gasteiger partial charge < -0.3 is 73.3 Å². The van der Waals surface area contributed by atoms with Crippen LogP contribution in [-0.4, -0.2) is 105 Å². The number of halogens is 1. The highest BCUT2D eigenvalue weighted by atomic mass is 127. The van der Waals surface area contributed by atoms with Crippen LogP contribution in [0, 0.1) is 38.2 Å². The van der Waals surface area contributed by atoms with E-state index in [0.29, 0.717) is 31.1 Å². The SMILES string of the molecule is COCOc1cccc(C)c1.COCOc1cccc(C)c1-c1ccccc1.COCOc1cccc(C)c1Cc1ccccc1.COCOc1cccc(C)c1I.COc1cccc(C)c1-c1ccccc1P(C1CCCCC1)C1CCCCC1.Oc1cccc(O)c1.Oc1cccc(O)c1-c1ccccc1.Oc1cccc(O)c1Cc1ccccc1. The maximum absolute atomic E-state index is 9.59. The zero-order valence-electron chi connectivity index (χ0n) is 72.5. The first-order valence-electron chi connectivity index (χ1n) is 41.5. The van der Waals surface area contributed by atoms with E-state index >= 15 is 0 Å². The Kier molecular flexibility index (Phi) is 42.8. The third-order valence-corrected chi connectivity index (χ3v) is 25.4. The standard InChI is InChI=1S/C26H35OP.C16H18O2.C15H16O2.C13H12O2.C12H10O2.C9H11IO2.C9H12O2.C6H6O2/c1-20-12-11-18-24(27-2)26(20)23-17-9-10-19-25(23)28(21-13-5-3-6-14-21)22-15-7-4-8-16-22;1-13-7-6-10-16(18-12-17-2)15(13)11-14-8-4-3-5-9-14;1-12-7-6-10-14(17-11-16-2)15(12)13-8-4-3-5-9-13;14-12-7-4-8-13(15)11(12)9-10-5-2-1-3-6-10;13-10-7-4-8-11(14)12(10)9-5-2-1-3-6-9;1-7-4-3-5-8(9(7)10)12-6-11-2;1-8-4-3-5-9(6-8)11-7-10-2;7-5-2-1-3-6(8)4-5/h9-12,17-19,21-22H,3-8,13-16H2,1-2H3;3-10H,11-12H2,1-2H3;3-10H,11H2,1-2H3;1-8,14-15H,9H2;1-8,13-14H;3-5H,6H2,1-2H3;3-6H,7H2,1-2H3;1-4,7-8H. The largest absolute Gasteiger partial charge is 0.508 e. The van der Waals surface area contributed by atoms with Crippen LogP contribution < -0.4 is 29.0 Å². The molecule has 0 heterocycles. The Balaban J connectivity index is 0.000000179. The van der Waals surface area contributed by atoms with Crippen LogP contribution in [0.5, 0.6) is 63.2 Å². The molecule has 0 atom stereocenters. The van der Waals surface area contributed by atoms with Gasteiger partial charge in [-0.1, -0.05) is 271 Å². The molecular formula is C106H120IO15P. The molecule has 0 aromatic heterocycles. The number of aryl methyl sites for hydroxylation is 5. The molecule has 15 nitrogen and oxygen atoms in total. The minimum absolute atomic E-state index is 0.0880. The monoisotopic (exact) mass is 1790 g/mol. The molecule has 13 aromatic carbocycles. The van der Waals surface area contributed by atoms with Gasteiger partial charge in [0, 0.05) is 69.6 Å². The molecule has 0 bridgehead atoms. The maximum atomic E-state index is 9.59. The van der Waals surface area contributed by atoms with E-state index in [2.05, 4.69) is 147 Å². The summed E-state index contributed by atoms with van der Waals surface area (Å²) >= 11 is 2.26. The van der Waals surface area contributed by atoms with Gasteiger partial charge in [0.25, 0.3) is 0 Å². The van der Waals surface area contributed by atoms with Crippen LogP contribution >= 0.6 is 30.5 Å². The van der Waals surface area contributed by atoms with Gasteiger partial charge in [-0.25, -0.2) is 0 Å². The smallest absolute Gasteiger partial charge is 0.188 e. The first-order valence-corrected chi connectivity index (χ1v) is 44.1. The maximum Gasteiger partial charge on any atom is 0.188 e. The van der Waals surface area contributed by atoms with Crippen LogP contribution in [0.3, 0.4) is 0 Å². The van der Waals surface area contributed by atoms with Gasteiger partial charge in [-0.2, -0.15) is 0 Å². The second-order valence-electron chi connectivity index (χ2n) is 29.6. The van der Waals surface area contributed by atoms with E-state index in [9.17, 15) is 20.4 Å². The van der Waals surface area contributed by atoms with Crippen LogP contribution in [0.2, 0.25) is 0 Å². The highest BCUT2D eigenvalue weighted by Crippen LogP contribution is 2.57. The van der Waals surface area contributed by atoms with E-state index in [0.717, 1.165) is 72.3 Å². The summed E-state index contributed by atoms with van der Waals surface area (Å²) in [4.78, 5) is 0. The average molecular weight is 1790 g/mol. The molecule has 15 rings (SSSR count). The normalized spacial score (nSPS) is 12.1. The van der Waals surface area contributed by atoms with Crippen LogP contribution in [0.25, 0.3) is 33.4 Å². The molecule has 0 amide bonds. The van der Waals surface area contributed by atoms with Gasteiger partial charge in [-0.3, -0.25) is 0 Å². The third kappa shape index (κ3) is 32.1. The second kappa shape index (κ2) is 54.2. The average Bonchev–Trinajstić information content (AvgIpc) is 0.694. The summed E-state index contributed by atoms with van der Waals surface area (Å²) in [5.74, 6) is 5.16. The fraction of sp³-hybridized carbons (Fsp3) is 0.264. The van der Waals surface area contributed by atoms with Gasteiger partial charge >= 0.3 is 0 Å². The van der Waals surface area contributed by atoms with E-state index in [1.54, 1.807) is 76.2 Å². The highest BCUT2D eigenvalue weighted by molar-refractivity contribution is 14.1. The molecule has 17 heteroatoms. The number of aromatic hydroxyl groups is 6. The summed E-state index contributed by atoms with van der Waals surface area (Å²) in [6.45, 7) is 11.7. The van der Waals surface area contributed by atoms with Crippen molar-refractivity contribution in [2.45, 2.75) is 123 Å².